The third-order valence-corrected chi connectivity index (χ3v) is 6.73. The van der Waals surface area contributed by atoms with Gasteiger partial charge in [-0.3, -0.25) is 9.20 Å². The van der Waals surface area contributed by atoms with Crippen molar-refractivity contribution < 1.29 is 4.79 Å². The Morgan fingerprint density at radius 3 is 2.52 bits per heavy atom. The molecule has 2 aromatic heterocycles. The molecule has 0 aliphatic carbocycles. The molecule has 0 radical (unpaired) electrons. The zero-order valence-corrected chi connectivity index (χ0v) is 16.8. The van der Waals surface area contributed by atoms with Crippen LogP contribution in [0, 0.1) is 0 Å². The van der Waals surface area contributed by atoms with Gasteiger partial charge in [-0.05, 0) is 31.5 Å². The van der Waals surface area contributed by atoms with Gasteiger partial charge >= 0.3 is 0 Å². The average molecular weight is 397 g/mol. The number of hydrogen-bond donors (Lipinski definition) is 0. The van der Waals surface area contributed by atoms with Crippen LogP contribution in [0.5, 0.6) is 0 Å². The van der Waals surface area contributed by atoms with E-state index in [9.17, 15) is 4.79 Å². The van der Waals surface area contributed by atoms with Gasteiger partial charge in [-0.1, -0.05) is 65.6 Å². The summed E-state index contributed by atoms with van der Waals surface area (Å²) in [5.41, 5.74) is 2.06. The van der Waals surface area contributed by atoms with Gasteiger partial charge in [0.15, 0.2) is 5.16 Å². The number of carbonyl (C=O) groups is 1. The summed E-state index contributed by atoms with van der Waals surface area (Å²) in [5, 5.41) is 9.11. The smallest absolute Gasteiger partial charge is 0.240 e. The van der Waals surface area contributed by atoms with Crippen LogP contribution in [0.2, 0.25) is 0 Å². The van der Waals surface area contributed by atoms with E-state index < -0.39 is 0 Å². The zero-order valence-electron chi connectivity index (χ0n) is 15.2. The number of nitrogens with zero attached hydrogens (tertiary/aromatic N) is 4. The van der Waals surface area contributed by atoms with Crippen molar-refractivity contribution in [2.24, 2.45) is 0 Å². The average Bonchev–Trinajstić information content (AvgIpc) is 3.27. The highest BCUT2D eigenvalue weighted by Crippen LogP contribution is 2.38. The maximum atomic E-state index is 13.2. The van der Waals surface area contributed by atoms with Crippen molar-refractivity contribution in [2.75, 3.05) is 13.1 Å². The van der Waals surface area contributed by atoms with E-state index in [1.807, 2.05) is 61.2 Å². The predicted molar refractivity (Wildman–Crippen MR) is 111 cm³/mol. The molecular weight excluding hydrogens is 376 g/mol. The van der Waals surface area contributed by atoms with Crippen LogP contribution >= 0.6 is 23.1 Å². The van der Waals surface area contributed by atoms with Crippen molar-refractivity contribution in [1.29, 1.82) is 0 Å². The SMILES string of the molecule is CCN(CC)C(=O)C(Sc1nnc2sc3ccccc3n12)c1ccccc1. The van der Waals surface area contributed by atoms with Gasteiger partial charge in [-0.15, -0.1) is 10.2 Å². The third kappa shape index (κ3) is 3.33. The standard InChI is InChI=1S/C20H20N4OS2/c1-3-23(4-2)18(25)17(14-10-6-5-7-11-14)27-20-22-21-19-24(20)15-12-8-9-13-16(15)26-19/h5-13,17H,3-4H2,1-2H3. The molecule has 0 spiro atoms. The fourth-order valence-electron chi connectivity index (χ4n) is 3.13. The lowest BCUT2D eigenvalue weighted by Crippen LogP contribution is -2.33. The Morgan fingerprint density at radius 2 is 1.78 bits per heavy atom. The van der Waals surface area contributed by atoms with E-state index >= 15 is 0 Å². The highest BCUT2D eigenvalue weighted by Gasteiger charge is 2.28. The van der Waals surface area contributed by atoms with Crippen LogP contribution in [0.15, 0.2) is 59.8 Å². The van der Waals surface area contributed by atoms with Crippen LogP contribution in [-0.4, -0.2) is 38.5 Å². The Kier molecular flexibility index (Phi) is 5.13. The molecule has 138 valence electrons. The Labute approximate surface area is 166 Å². The molecule has 2 aromatic carbocycles. The van der Waals surface area contributed by atoms with E-state index in [0.29, 0.717) is 13.1 Å². The minimum absolute atomic E-state index is 0.104. The normalized spacial score (nSPS) is 12.5. The number of hydrogen-bond acceptors (Lipinski definition) is 5. The quantitative estimate of drug-likeness (QED) is 0.445. The van der Waals surface area contributed by atoms with Crippen molar-refractivity contribution in [2.45, 2.75) is 24.3 Å². The lowest BCUT2D eigenvalue weighted by Gasteiger charge is -2.24. The second kappa shape index (κ2) is 7.70. The maximum Gasteiger partial charge on any atom is 0.240 e. The molecule has 4 rings (SSSR count). The summed E-state index contributed by atoms with van der Waals surface area (Å²) >= 11 is 3.08. The summed E-state index contributed by atoms with van der Waals surface area (Å²) in [6.45, 7) is 5.40. The molecule has 4 aromatic rings. The Bertz CT molecular complexity index is 1070. The molecule has 2 heterocycles. The first-order valence-corrected chi connectivity index (χ1v) is 10.7. The Hall–Kier alpha value is -2.38. The van der Waals surface area contributed by atoms with E-state index in [-0.39, 0.29) is 11.2 Å². The molecule has 27 heavy (non-hydrogen) atoms. The fraction of sp³-hybridized carbons (Fsp3) is 0.250. The predicted octanol–water partition coefficient (Wildman–Crippen LogP) is 4.65. The van der Waals surface area contributed by atoms with Crippen molar-refractivity contribution >= 4 is 44.2 Å². The third-order valence-electron chi connectivity index (χ3n) is 4.54. The fourth-order valence-corrected chi connectivity index (χ4v) is 5.28. The molecule has 0 saturated heterocycles. The first-order valence-electron chi connectivity index (χ1n) is 8.96. The van der Waals surface area contributed by atoms with E-state index in [0.717, 1.165) is 25.9 Å². The molecule has 1 amide bonds. The van der Waals surface area contributed by atoms with E-state index in [2.05, 4.69) is 26.7 Å². The molecule has 1 atom stereocenters. The van der Waals surface area contributed by atoms with Crippen LogP contribution in [-0.2, 0) is 4.79 Å². The molecule has 0 fully saturated rings. The largest absolute Gasteiger partial charge is 0.342 e. The Balaban J connectivity index is 1.78. The number of amides is 1. The van der Waals surface area contributed by atoms with Crippen LogP contribution in [0.1, 0.15) is 24.7 Å². The first kappa shape index (κ1) is 18.0. The van der Waals surface area contributed by atoms with Crippen molar-refractivity contribution in [3.05, 3.63) is 60.2 Å². The molecule has 0 aliphatic heterocycles. The van der Waals surface area contributed by atoms with E-state index in [4.69, 9.17) is 0 Å². The van der Waals surface area contributed by atoms with Crippen LogP contribution in [0.4, 0.5) is 0 Å². The van der Waals surface area contributed by atoms with Gasteiger partial charge in [0, 0.05) is 13.1 Å². The van der Waals surface area contributed by atoms with Crippen molar-refractivity contribution in [3.63, 3.8) is 0 Å². The van der Waals surface area contributed by atoms with E-state index in [1.54, 1.807) is 11.3 Å². The monoisotopic (exact) mass is 396 g/mol. The lowest BCUT2D eigenvalue weighted by atomic mass is 10.1. The summed E-state index contributed by atoms with van der Waals surface area (Å²) in [6, 6.07) is 18.1. The first-order chi connectivity index (χ1) is 13.2. The highest BCUT2D eigenvalue weighted by molar-refractivity contribution is 8.00. The zero-order chi connectivity index (χ0) is 18.8. The van der Waals surface area contributed by atoms with Crippen LogP contribution in [0.3, 0.4) is 0 Å². The van der Waals surface area contributed by atoms with E-state index in [1.165, 1.54) is 11.8 Å². The maximum absolute atomic E-state index is 13.2. The number of thiazole rings is 1. The molecule has 0 bridgehead atoms. The van der Waals surface area contributed by atoms with Gasteiger partial charge in [-0.2, -0.15) is 0 Å². The van der Waals surface area contributed by atoms with Crippen LogP contribution < -0.4 is 0 Å². The number of carbonyl (C=O) groups excluding carboxylic acids is 1. The van der Waals surface area contributed by atoms with Gasteiger partial charge in [0.1, 0.15) is 5.25 Å². The van der Waals surface area contributed by atoms with Crippen molar-refractivity contribution in [1.82, 2.24) is 19.5 Å². The summed E-state index contributed by atoms with van der Waals surface area (Å²) in [5.74, 6) is 0.104. The van der Waals surface area contributed by atoms with Gasteiger partial charge in [0.2, 0.25) is 10.9 Å². The minimum Gasteiger partial charge on any atom is -0.342 e. The molecule has 7 heteroatoms. The lowest BCUT2D eigenvalue weighted by molar-refractivity contribution is -0.130. The van der Waals surface area contributed by atoms with Gasteiger partial charge in [0.25, 0.3) is 0 Å². The molecule has 0 saturated carbocycles. The topological polar surface area (TPSA) is 50.5 Å². The number of likely N-dealkylation sites (N-methyl/N-ethyl adjacent to an activating group) is 1. The second-order valence-electron chi connectivity index (χ2n) is 6.09. The number of benzene rings is 2. The van der Waals surface area contributed by atoms with Crippen molar-refractivity contribution in [3.8, 4) is 0 Å². The molecule has 0 aliphatic rings. The summed E-state index contributed by atoms with van der Waals surface area (Å²) in [7, 11) is 0. The number of thioether (sulfide) groups is 1. The number of aromatic nitrogens is 3. The second-order valence-corrected chi connectivity index (χ2v) is 8.17. The minimum atomic E-state index is -0.350. The summed E-state index contributed by atoms with van der Waals surface area (Å²) < 4.78 is 3.21. The summed E-state index contributed by atoms with van der Waals surface area (Å²) in [4.78, 5) is 15.9. The number of para-hydroxylation sites is 1. The van der Waals surface area contributed by atoms with Gasteiger partial charge < -0.3 is 4.90 Å². The Morgan fingerprint density at radius 1 is 1.07 bits per heavy atom. The highest BCUT2D eigenvalue weighted by atomic mass is 32.2. The number of rotatable bonds is 6. The van der Waals surface area contributed by atoms with Crippen LogP contribution in [0.25, 0.3) is 15.2 Å². The summed E-state index contributed by atoms with van der Waals surface area (Å²) in [6.07, 6.45) is 0. The van der Waals surface area contributed by atoms with Gasteiger partial charge in [-0.25, -0.2) is 0 Å². The van der Waals surface area contributed by atoms with Gasteiger partial charge in [0.05, 0.1) is 10.2 Å². The molecule has 5 nitrogen and oxygen atoms in total. The molecule has 1 unspecified atom stereocenters. The molecular formula is C20H20N4OS2. The molecule has 0 N–H and O–H groups in total. The number of fused-ring (bicyclic) bond motifs is 3.